The van der Waals surface area contributed by atoms with Gasteiger partial charge in [0, 0.05) is 16.1 Å². The van der Waals surface area contributed by atoms with Crippen LogP contribution in [0.5, 0.6) is 0 Å². The van der Waals surface area contributed by atoms with E-state index in [0.29, 0.717) is 16.6 Å². The van der Waals surface area contributed by atoms with Crippen molar-refractivity contribution in [3.05, 3.63) is 48.1 Å². The first kappa shape index (κ1) is 10.2. The number of hydrogen-bond acceptors (Lipinski definition) is 3. The van der Waals surface area contributed by atoms with Gasteiger partial charge in [-0.15, -0.1) is 11.8 Å². The topological polar surface area (TPSA) is 40.5 Å². The van der Waals surface area contributed by atoms with E-state index in [4.69, 9.17) is 0 Å². The van der Waals surface area contributed by atoms with Gasteiger partial charge in [0.15, 0.2) is 0 Å². The molecule has 2 unspecified atom stereocenters. The largest absolute Gasteiger partial charge is 0.489 e. The molecule has 1 aromatic rings. The van der Waals surface area contributed by atoms with Crippen molar-refractivity contribution in [3.8, 4) is 0 Å². The summed E-state index contributed by atoms with van der Waals surface area (Å²) in [6.07, 6.45) is 8.45. The monoisotopic (exact) mass is 230 g/mol. The maximum atomic E-state index is 9.33. The molecule has 2 nitrogen and oxygen atoms in total. The van der Waals surface area contributed by atoms with Crippen LogP contribution in [0.15, 0.2) is 47.4 Å². The van der Waals surface area contributed by atoms with E-state index in [-0.39, 0.29) is 0 Å². The van der Waals surface area contributed by atoms with Crippen LogP contribution in [0, 0.1) is 0 Å². The lowest BCUT2D eigenvalue weighted by Gasteiger charge is -2.14. The molecule has 16 heavy (non-hydrogen) atoms. The number of benzene rings is 1. The first-order valence-electron chi connectivity index (χ1n) is 5.28. The van der Waals surface area contributed by atoms with Gasteiger partial charge in [0.2, 0.25) is 0 Å². The van der Waals surface area contributed by atoms with Crippen LogP contribution >= 0.6 is 11.8 Å². The molecular weight excluding hydrogens is 219 g/mol. The van der Waals surface area contributed by atoms with Gasteiger partial charge in [0.1, 0.15) is 0 Å². The zero-order chi connectivity index (χ0) is 11.1. The van der Waals surface area contributed by atoms with E-state index < -0.39 is 7.12 Å². The van der Waals surface area contributed by atoms with Crippen LogP contribution < -0.4 is 5.46 Å². The summed E-state index contributed by atoms with van der Waals surface area (Å²) < 4.78 is 0. The molecule has 0 amide bonds. The Labute approximate surface area is 98.8 Å². The van der Waals surface area contributed by atoms with Crippen molar-refractivity contribution in [2.24, 2.45) is 0 Å². The molecule has 0 saturated heterocycles. The van der Waals surface area contributed by atoms with Crippen LogP contribution in [0.1, 0.15) is 11.5 Å². The summed E-state index contributed by atoms with van der Waals surface area (Å²) in [5.74, 6) is 0.378. The van der Waals surface area contributed by atoms with Crippen LogP contribution in [-0.2, 0) is 0 Å². The third kappa shape index (κ3) is 1.45. The van der Waals surface area contributed by atoms with Crippen molar-refractivity contribution >= 4 is 24.3 Å². The van der Waals surface area contributed by atoms with Crippen molar-refractivity contribution in [2.75, 3.05) is 0 Å². The fourth-order valence-corrected chi connectivity index (χ4v) is 3.77. The van der Waals surface area contributed by atoms with Gasteiger partial charge in [0.25, 0.3) is 0 Å². The average molecular weight is 230 g/mol. The third-order valence-corrected chi connectivity index (χ3v) is 4.48. The minimum absolute atomic E-state index is 0.378. The smallest absolute Gasteiger partial charge is 0.423 e. The predicted octanol–water partition coefficient (Wildman–Crippen LogP) is 1.05. The summed E-state index contributed by atoms with van der Waals surface area (Å²) in [7, 11) is -1.38. The van der Waals surface area contributed by atoms with E-state index >= 15 is 0 Å². The molecule has 0 spiro atoms. The van der Waals surface area contributed by atoms with E-state index in [1.807, 2.05) is 6.07 Å². The second-order valence-corrected chi connectivity index (χ2v) is 5.21. The quantitative estimate of drug-likeness (QED) is 0.708. The molecule has 2 atom stereocenters. The molecule has 1 aliphatic heterocycles. The molecular formula is C12H11BO2S. The molecule has 1 aromatic carbocycles. The Morgan fingerprint density at radius 3 is 2.75 bits per heavy atom. The van der Waals surface area contributed by atoms with E-state index in [0.717, 1.165) is 4.90 Å². The van der Waals surface area contributed by atoms with Crippen molar-refractivity contribution in [1.29, 1.82) is 0 Å². The Hall–Kier alpha value is -0.965. The van der Waals surface area contributed by atoms with Crippen LogP contribution in [0.4, 0.5) is 0 Å². The van der Waals surface area contributed by atoms with Gasteiger partial charge in [-0.25, -0.2) is 0 Å². The average Bonchev–Trinajstić information content (AvgIpc) is 2.67. The Balaban J connectivity index is 2.11. The molecule has 1 aliphatic carbocycles. The van der Waals surface area contributed by atoms with Crippen molar-refractivity contribution in [2.45, 2.75) is 16.1 Å². The Morgan fingerprint density at radius 1 is 1.12 bits per heavy atom. The maximum absolute atomic E-state index is 9.33. The first-order valence-corrected chi connectivity index (χ1v) is 6.16. The zero-order valence-corrected chi connectivity index (χ0v) is 9.39. The molecule has 2 aliphatic rings. The fraction of sp³-hybridized carbons (Fsp3) is 0.167. The van der Waals surface area contributed by atoms with Crippen molar-refractivity contribution < 1.29 is 10.0 Å². The second kappa shape index (κ2) is 3.80. The normalized spacial score (nSPS) is 25.4. The number of fused-ring (bicyclic) bond motifs is 3. The summed E-state index contributed by atoms with van der Waals surface area (Å²) in [6.45, 7) is 0. The van der Waals surface area contributed by atoms with Crippen LogP contribution in [0.25, 0.3) is 0 Å². The number of thioether (sulfide) groups is 1. The summed E-state index contributed by atoms with van der Waals surface area (Å²) >= 11 is 1.72. The summed E-state index contributed by atoms with van der Waals surface area (Å²) in [6, 6.07) is 5.74. The molecule has 3 rings (SSSR count). The highest BCUT2D eigenvalue weighted by atomic mass is 32.2. The highest BCUT2D eigenvalue weighted by Crippen LogP contribution is 2.46. The van der Waals surface area contributed by atoms with E-state index in [1.165, 1.54) is 5.56 Å². The molecule has 4 heteroatoms. The van der Waals surface area contributed by atoms with E-state index in [1.54, 1.807) is 17.8 Å². The van der Waals surface area contributed by atoms with Gasteiger partial charge < -0.3 is 10.0 Å². The van der Waals surface area contributed by atoms with E-state index in [9.17, 15) is 10.0 Å². The number of allylic oxidation sites excluding steroid dienone is 3. The van der Waals surface area contributed by atoms with Crippen molar-refractivity contribution in [1.82, 2.24) is 0 Å². The van der Waals surface area contributed by atoms with Crippen LogP contribution in [0.2, 0.25) is 0 Å². The Kier molecular flexibility index (Phi) is 2.43. The molecule has 0 radical (unpaired) electrons. The minimum atomic E-state index is -1.38. The lowest BCUT2D eigenvalue weighted by Crippen LogP contribution is -2.31. The molecule has 80 valence electrons. The number of rotatable bonds is 1. The summed E-state index contributed by atoms with van der Waals surface area (Å²) in [5.41, 5.74) is 1.83. The first-order chi connectivity index (χ1) is 7.77. The molecule has 0 bridgehead atoms. The molecule has 0 aromatic heterocycles. The van der Waals surface area contributed by atoms with Gasteiger partial charge in [0.05, 0.1) is 0 Å². The van der Waals surface area contributed by atoms with Gasteiger partial charge in [-0.1, -0.05) is 42.5 Å². The fourth-order valence-electron chi connectivity index (χ4n) is 2.29. The van der Waals surface area contributed by atoms with Gasteiger partial charge in [-0.3, -0.25) is 0 Å². The van der Waals surface area contributed by atoms with Crippen molar-refractivity contribution in [3.63, 3.8) is 0 Å². The minimum Gasteiger partial charge on any atom is -0.423 e. The molecule has 1 heterocycles. The van der Waals surface area contributed by atoms with E-state index in [2.05, 4.69) is 30.4 Å². The van der Waals surface area contributed by atoms with Gasteiger partial charge >= 0.3 is 7.12 Å². The molecule has 0 fully saturated rings. The lowest BCUT2D eigenvalue weighted by molar-refractivity contribution is 0.425. The lowest BCUT2D eigenvalue weighted by atomic mass is 9.78. The molecule has 2 N–H and O–H groups in total. The SMILES string of the molecule is OB(O)c1cccc2c1SC1C=CC=CC21. The Bertz CT molecular complexity index is 482. The second-order valence-electron chi connectivity index (χ2n) is 4.02. The predicted molar refractivity (Wildman–Crippen MR) is 66.9 cm³/mol. The van der Waals surface area contributed by atoms with Crippen LogP contribution in [-0.4, -0.2) is 22.4 Å². The molecule has 0 saturated carbocycles. The standard InChI is InChI=1S/C12H11BO2S/c14-13(15)10-6-3-5-9-8-4-1-2-7-11(8)16-12(9)10/h1-8,11,14-15H. The highest BCUT2D eigenvalue weighted by Gasteiger charge is 2.34. The third-order valence-electron chi connectivity index (χ3n) is 3.05. The maximum Gasteiger partial charge on any atom is 0.489 e. The van der Waals surface area contributed by atoms with Crippen LogP contribution in [0.3, 0.4) is 0 Å². The zero-order valence-electron chi connectivity index (χ0n) is 8.58. The summed E-state index contributed by atoms with van der Waals surface area (Å²) in [4.78, 5) is 1.03. The number of hydrogen-bond donors (Lipinski definition) is 2. The van der Waals surface area contributed by atoms with Gasteiger partial charge in [-0.2, -0.15) is 0 Å². The van der Waals surface area contributed by atoms with Gasteiger partial charge in [-0.05, 0) is 11.0 Å². The highest BCUT2D eigenvalue weighted by molar-refractivity contribution is 8.00. The summed E-state index contributed by atoms with van der Waals surface area (Å²) in [5, 5.41) is 19.1. The Morgan fingerprint density at radius 2 is 1.94 bits per heavy atom.